The van der Waals surface area contributed by atoms with Crippen LogP contribution >= 0.6 is 0 Å². The van der Waals surface area contributed by atoms with Gasteiger partial charge in [-0.05, 0) is 41.8 Å². The van der Waals surface area contributed by atoms with Gasteiger partial charge < -0.3 is 15.4 Å². The molecule has 26 heavy (non-hydrogen) atoms. The lowest BCUT2D eigenvalue weighted by Crippen LogP contribution is -2.31. The molecule has 2 N–H and O–H groups in total. The average Bonchev–Trinajstić information content (AvgIpc) is 2.66. The smallest absolute Gasteiger partial charge is 0.247 e. The number of rotatable bonds is 6. The van der Waals surface area contributed by atoms with Gasteiger partial charge in [-0.25, -0.2) is 0 Å². The molecular formula is C21H22N2O3. The molecule has 0 aromatic heterocycles. The third-order valence-corrected chi connectivity index (χ3v) is 4.37. The maximum absolute atomic E-state index is 12.3. The second-order valence-electron chi connectivity index (χ2n) is 6.25. The first kappa shape index (κ1) is 17.7. The van der Waals surface area contributed by atoms with E-state index in [9.17, 15) is 9.59 Å². The molecule has 0 aliphatic carbocycles. The fraction of sp³-hybridized carbons (Fsp3) is 0.238. The summed E-state index contributed by atoms with van der Waals surface area (Å²) in [6.45, 7) is 4.69. The van der Waals surface area contributed by atoms with Crippen molar-refractivity contribution in [1.82, 2.24) is 5.32 Å². The molecule has 0 saturated carbocycles. The van der Waals surface area contributed by atoms with Gasteiger partial charge in [0, 0.05) is 18.2 Å². The van der Waals surface area contributed by atoms with E-state index in [2.05, 4.69) is 23.3 Å². The average molecular weight is 350 g/mol. The van der Waals surface area contributed by atoms with Crippen LogP contribution in [0.1, 0.15) is 23.5 Å². The predicted octanol–water partition coefficient (Wildman–Crippen LogP) is 3.04. The summed E-state index contributed by atoms with van der Waals surface area (Å²) in [5.41, 5.74) is 2.64. The molecule has 0 radical (unpaired) electrons. The lowest BCUT2D eigenvalue weighted by Gasteiger charge is -2.26. The van der Waals surface area contributed by atoms with Crippen molar-refractivity contribution in [3.63, 3.8) is 0 Å². The summed E-state index contributed by atoms with van der Waals surface area (Å²) >= 11 is 0. The summed E-state index contributed by atoms with van der Waals surface area (Å²) in [6.07, 6.45) is 2.37. The van der Waals surface area contributed by atoms with E-state index in [1.165, 1.54) is 6.08 Å². The van der Waals surface area contributed by atoms with Crippen LogP contribution in [-0.2, 0) is 16.0 Å². The molecule has 1 aliphatic rings. The Hall–Kier alpha value is -3.08. The molecule has 3 rings (SSSR count). The van der Waals surface area contributed by atoms with Crippen molar-refractivity contribution in [3.8, 4) is 5.75 Å². The summed E-state index contributed by atoms with van der Waals surface area (Å²) < 4.78 is 5.66. The Labute approximate surface area is 153 Å². The Kier molecular flexibility index (Phi) is 5.69. The minimum Gasteiger partial charge on any atom is -0.493 e. The Morgan fingerprint density at radius 2 is 2.04 bits per heavy atom. The Bertz CT molecular complexity index is 816. The Balaban J connectivity index is 1.56. The second-order valence-corrected chi connectivity index (χ2v) is 6.25. The van der Waals surface area contributed by atoms with Crippen molar-refractivity contribution in [2.75, 3.05) is 18.5 Å². The zero-order chi connectivity index (χ0) is 18.4. The topological polar surface area (TPSA) is 67.4 Å². The van der Waals surface area contributed by atoms with Gasteiger partial charge in [0.05, 0.1) is 13.0 Å². The molecule has 1 aliphatic heterocycles. The van der Waals surface area contributed by atoms with Gasteiger partial charge in [-0.2, -0.15) is 0 Å². The normalized spacial score (nSPS) is 15.3. The number of anilines is 1. The SMILES string of the molecule is C=CC(=O)Nc1cccc(CC(=O)NCC2CCOc3ccccc32)c1. The van der Waals surface area contributed by atoms with E-state index < -0.39 is 0 Å². The largest absolute Gasteiger partial charge is 0.493 e. The van der Waals surface area contributed by atoms with Gasteiger partial charge in [-0.3, -0.25) is 9.59 Å². The molecule has 0 bridgehead atoms. The molecular weight excluding hydrogens is 328 g/mol. The maximum atomic E-state index is 12.3. The molecule has 2 aromatic carbocycles. The van der Waals surface area contributed by atoms with Crippen LogP contribution in [0.25, 0.3) is 0 Å². The van der Waals surface area contributed by atoms with Crippen LogP contribution in [0.2, 0.25) is 0 Å². The zero-order valence-electron chi connectivity index (χ0n) is 14.5. The summed E-state index contributed by atoms with van der Waals surface area (Å²) in [5, 5.41) is 5.71. The van der Waals surface area contributed by atoms with Crippen LogP contribution in [-0.4, -0.2) is 25.0 Å². The monoisotopic (exact) mass is 350 g/mol. The van der Waals surface area contributed by atoms with Gasteiger partial charge in [0.2, 0.25) is 11.8 Å². The zero-order valence-corrected chi connectivity index (χ0v) is 14.5. The highest BCUT2D eigenvalue weighted by Gasteiger charge is 2.21. The second kappa shape index (κ2) is 8.34. The van der Waals surface area contributed by atoms with E-state index in [1.54, 1.807) is 12.1 Å². The third-order valence-electron chi connectivity index (χ3n) is 4.37. The number of carbonyl (C=O) groups excluding carboxylic acids is 2. The van der Waals surface area contributed by atoms with Crippen molar-refractivity contribution < 1.29 is 14.3 Å². The molecule has 5 heteroatoms. The lowest BCUT2D eigenvalue weighted by molar-refractivity contribution is -0.120. The van der Waals surface area contributed by atoms with Crippen LogP contribution < -0.4 is 15.4 Å². The Morgan fingerprint density at radius 3 is 2.88 bits per heavy atom. The third kappa shape index (κ3) is 4.51. The molecule has 1 atom stereocenters. The number of fused-ring (bicyclic) bond motifs is 1. The van der Waals surface area contributed by atoms with Gasteiger partial charge in [0.15, 0.2) is 0 Å². The van der Waals surface area contributed by atoms with Crippen molar-refractivity contribution in [1.29, 1.82) is 0 Å². The van der Waals surface area contributed by atoms with E-state index >= 15 is 0 Å². The van der Waals surface area contributed by atoms with Crippen molar-refractivity contribution in [2.24, 2.45) is 0 Å². The highest BCUT2D eigenvalue weighted by molar-refractivity contribution is 5.98. The standard InChI is InChI=1S/C21H22N2O3/c1-2-20(24)23-17-7-5-6-15(12-17)13-21(25)22-14-16-10-11-26-19-9-4-3-8-18(16)19/h2-9,12,16H,1,10-11,13-14H2,(H,22,25)(H,23,24). The molecule has 0 fully saturated rings. The highest BCUT2D eigenvalue weighted by Crippen LogP contribution is 2.32. The molecule has 0 spiro atoms. The van der Waals surface area contributed by atoms with Gasteiger partial charge in [0.25, 0.3) is 0 Å². The highest BCUT2D eigenvalue weighted by atomic mass is 16.5. The van der Waals surface area contributed by atoms with E-state index in [-0.39, 0.29) is 24.2 Å². The minimum atomic E-state index is -0.273. The summed E-state index contributed by atoms with van der Waals surface area (Å²) in [7, 11) is 0. The van der Waals surface area contributed by atoms with Gasteiger partial charge >= 0.3 is 0 Å². The summed E-state index contributed by atoms with van der Waals surface area (Å²) in [6, 6.07) is 15.2. The quantitative estimate of drug-likeness (QED) is 0.787. The summed E-state index contributed by atoms with van der Waals surface area (Å²) in [5.74, 6) is 0.858. The van der Waals surface area contributed by atoms with Crippen molar-refractivity contribution >= 4 is 17.5 Å². The lowest BCUT2D eigenvalue weighted by atomic mass is 9.93. The first-order chi connectivity index (χ1) is 12.7. The van der Waals surface area contributed by atoms with Gasteiger partial charge in [-0.1, -0.05) is 36.9 Å². The van der Waals surface area contributed by atoms with Gasteiger partial charge in [-0.15, -0.1) is 0 Å². The molecule has 5 nitrogen and oxygen atoms in total. The van der Waals surface area contributed by atoms with Crippen LogP contribution in [0.4, 0.5) is 5.69 Å². The Morgan fingerprint density at radius 1 is 1.19 bits per heavy atom. The number of hydrogen-bond acceptors (Lipinski definition) is 3. The summed E-state index contributed by atoms with van der Waals surface area (Å²) in [4.78, 5) is 23.7. The molecule has 2 amide bonds. The molecule has 2 aromatic rings. The van der Waals surface area contributed by atoms with Crippen LogP contribution in [0, 0.1) is 0 Å². The number of nitrogens with one attached hydrogen (secondary N) is 2. The maximum Gasteiger partial charge on any atom is 0.247 e. The number of hydrogen-bond donors (Lipinski definition) is 2. The minimum absolute atomic E-state index is 0.0406. The number of para-hydroxylation sites is 1. The molecule has 1 heterocycles. The molecule has 1 unspecified atom stereocenters. The van der Waals surface area contributed by atoms with Crippen LogP contribution in [0.15, 0.2) is 61.2 Å². The number of carbonyl (C=O) groups is 2. The predicted molar refractivity (Wildman–Crippen MR) is 101 cm³/mol. The number of benzene rings is 2. The van der Waals surface area contributed by atoms with E-state index in [0.717, 1.165) is 23.3 Å². The first-order valence-corrected chi connectivity index (χ1v) is 8.66. The number of ether oxygens (including phenoxy) is 1. The van der Waals surface area contributed by atoms with E-state index in [4.69, 9.17) is 4.74 Å². The molecule has 0 saturated heterocycles. The van der Waals surface area contributed by atoms with Crippen LogP contribution in [0.3, 0.4) is 0 Å². The van der Waals surface area contributed by atoms with Crippen molar-refractivity contribution in [3.05, 3.63) is 72.3 Å². The number of amides is 2. The first-order valence-electron chi connectivity index (χ1n) is 8.66. The van der Waals surface area contributed by atoms with E-state index in [0.29, 0.717) is 18.8 Å². The van der Waals surface area contributed by atoms with Gasteiger partial charge in [0.1, 0.15) is 5.75 Å². The van der Waals surface area contributed by atoms with Crippen LogP contribution in [0.5, 0.6) is 5.75 Å². The fourth-order valence-corrected chi connectivity index (χ4v) is 3.07. The fourth-order valence-electron chi connectivity index (χ4n) is 3.07. The van der Waals surface area contributed by atoms with Crippen molar-refractivity contribution in [2.45, 2.75) is 18.8 Å². The molecule has 134 valence electrons. The van der Waals surface area contributed by atoms with E-state index in [1.807, 2.05) is 30.3 Å².